The number of pyridine rings is 1. The van der Waals surface area contributed by atoms with Gasteiger partial charge in [0.2, 0.25) is 0 Å². The summed E-state index contributed by atoms with van der Waals surface area (Å²) < 4.78 is 12.9. The highest BCUT2D eigenvalue weighted by Crippen LogP contribution is 2.11. The van der Waals surface area contributed by atoms with Gasteiger partial charge in [-0.1, -0.05) is 12.1 Å². The van der Waals surface area contributed by atoms with Gasteiger partial charge in [-0.25, -0.2) is 4.39 Å². The Morgan fingerprint density at radius 2 is 1.94 bits per heavy atom. The molecule has 1 heterocycles. The molecule has 0 radical (unpaired) electrons. The van der Waals surface area contributed by atoms with Crippen LogP contribution in [0.25, 0.3) is 0 Å². The molecule has 0 amide bonds. The molecule has 1 aromatic heterocycles. The van der Waals surface area contributed by atoms with Crippen LogP contribution in [0.2, 0.25) is 0 Å². The third kappa shape index (κ3) is 3.29. The number of nitriles is 1. The van der Waals surface area contributed by atoms with Crippen molar-refractivity contribution in [3.63, 3.8) is 0 Å². The molecule has 18 heavy (non-hydrogen) atoms. The molecule has 90 valence electrons. The first kappa shape index (κ1) is 12.1. The second kappa shape index (κ2) is 5.78. The third-order valence-electron chi connectivity index (χ3n) is 2.50. The molecule has 1 aromatic carbocycles. The number of hydrogen-bond acceptors (Lipinski definition) is 3. The van der Waals surface area contributed by atoms with Crippen molar-refractivity contribution in [2.75, 3.05) is 5.32 Å². The summed E-state index contributed by atoms with van der Waals surface area (Å²) in [6.45, 7) is 0.516. The number of halogens is 1. The van der Waals surface area contributed by atoms with Crippen LogP contribution in [-0.4, -0.2) is 4.98 Å². The Morgan fingerprint density at radius 3 is 2.61 bits per heavy atom. The highest BCUT2D eigenvalue weighted by molar-refractivity contribution is 5.45. The molecule has 0 spiro atoms. The van der Waals surface area contributed by atoms with E-state index in [0.29, 0.717) is 13.0 Å². The van der Waals surface area contributed by atoms with E-state index in [1.165, 1.54) is 12.3 Å². The molecule has 0 aliphatic rings. The first-order chi connectivity index (χ1) is 8.78. The molecule has 0 aliphatic heterocycles. The van der Waals surface area contributed by atoms with E-state index in [4.69, 9.17) is 5.26 Å². The Balaban J connectivity index is 1.96. The maximum atomic E-state index is 12.9. The van der Waals surface area contributed by atoms with E-state index < -0.39 is 0 Å². The van der Waals surface area contributed by atoms with Gasteiger partial charge in [-0.2, -0.15) is 5.26 Å². The molecular weight excluding hydrogens is 229 g/mol. The number of nitrogens with zero attached hydrogens (tertiary/aromatic N) is 2. The van der Waals surface area contributed by atoms with Crippen molar-refractivity contribution in [3.8, 4) is 6.07 Å². The van der Waals surface area contributed by atoms with Crippen molar-refractivity contribution in [1.82, 2.24) is 4.98 Å². The average Bonchev–Trinajstić information content (AvgIpc) is 2.38. The first-order valence-electron chi connectivity index (χ1n) is 5.57. The van der Waals surface area contributed by atoms with Crippen molar-refractivity contribution < 1.29 is 4.39 Å². The summed E-state index contributed by atoms with van der Waals surface area (Å²) in [6.07, 6.45) is 3.22. The minimum absolute atomic E-state index is 0.335. The number of aromatic nitrogens is 1. The van der Waals surface area contributed by atoms with E-state index in [-0.39, 0.29) is 5.82 Å². The summed E-state index contributed by atoms with van der Waals surface area (Å²) in [5, 5.41) is 11.7. The predicted octanol–water partition coefficient (Wildman–Crippen LogP) is 2.90. The van der Waals surface area contributed by atoms with Crippen LogP contribution in [0.3, 0.4) is 0 Å². The Kier molecular flexibility index (Phi) is 3.87. The van der Waals surface area contributed by atoms with Gasteiger partial charge in [0, 0.05) is 18.4 Å². The Morgan fingerprint density at radius 1 is 1.17 bits per heavy atom. The molecule has 0 atom stereocenters. The van der Waals surface area contributed by atoms with Crippen LogP contribution < -0.4 is 5.32 Å². The summed E-state index contributed by atoms with van der Waals surface area (Å²) in [5.74, 6) is -0.335. The summed E-state index contributed by atoms with van der Waals surface area (Å²) in [5.41, 5.74) is 2.70. The summed E-state index contributed by atoms with van der Waals surface area (Å²) in [6, 6.07) is 11.1. The van der Waals surface area contributed by atoms with Crippen LogP contribution in [0.1, 0.15) is 11.1 Å². The lowest BCUT2D eigenvalue weighted by Gasteiger charge is -2.06. The third-order valence-corrected chi connectivity index (χ3v) is 2.50. The van der Waals surface area contributed by atoms with Gasteiger partial charge < -0.3 is 5.32 Å². The zero-order valence-corrected chi connectivity index (χ0v) is 9.73. The van der Waals surface area contributed by atoms with Crippen molar-refractivity contribution >= 4 is 5.69 Å². The smallest absolute Gasteiger partial charge is 0.141 e. The molecule has 3 nitrogen and oxygen atoms in total. The number of nitrogens with one attached hydrogen (secondary N) is 1. The van der Waals surface area contributed by atoms with E-state index in [2.05, 4.69) is 16.4 Å². The number of anilines is 1. The zero-order valence-electron chi connectivity index (χ0n) is 9.73. The van der Waals surface area contributed by atoms with Crippen LogP contribution >= 0.6 is 0 Å². The minimum atomic E-state index is -0.335. The van der Waals surface area contributed by atoms with Crippen molar-refractivity contribution in [3.05, 3.63) is 59.7 Å². The highest BCUT2D eigenvalue weighted by Gasteiger charge is 1.97. The van der Waals surface area contributed by atoms with Gasteiger partial charge in [0.25, 0.3) is 0 Å². The fourth-order valence-electron chi connectivity index (χ4n) is 1.59. The summed E-state index contributed by atoms with van der Waals surface area (Å²) >= 11 is 0. The minimum Gasteiger partial charge on any atom is -0.381 e. The Labute approximate surface area is 105 Å². The number of hydrogen-bond donors (Lipinski definition) is 1. The average molecular weight is 241 g/mol. The van der Waals surface area contributed by atoms with Crippen LogP contribution in [0.15, 0.2) is 42.7 Å². The van der Waals surface area contributed by atoms with E-state index >= 15 is 0 Å². The van der Waals surface area contributed by atoms with E-state index in [1.54, 1.807) is 6.20 Å². The Hall–Kier alpha value is -2.41. The lowest BCUT2D eigenvalue weighted by atomic mass is 10.1. The van der Waals surface area contributed by atoms with Crippen LogP contribution in [0.4, 0.5) is 10.1 Å². The lowest BCUT2D eigenvalue weighted by Crippen LogP contribution is -2.00. The Bertz CT molecular complexity index is 558. The van der Waals surface area contributed by atoms with Crippen molar-refractivity contribution in [2.24, 2.45) is 0 Å². The molecule has 0 saturated carbocycles. The van der Waals surface area contributed by atoms with Gasteiger partial charge >= 0.3 is 0 Å². The van der Waals surface area contributed by atoms with E-state index in [1.807, 2.05) is 24.3 Å². The fraction of sp³-hybridized carbons (Fsp3) is 0.143. The predicted molar refractivity (Wildman–Crippen MR) is 67.3 cm³/mol. The SMILES string of the molecule is N#CCc1ccc(NCc2cncc(F)c2)cc1. The quantitative estimate of drug-likeness (QED) is 0.895. The van der Waals surface area contributed by atoms with Gasteiger partial charge in [0.15, 0.2) is 0 Å². The maximum Gasteiger partial charge on any atom is 0.141 e. The molecular formula is C14H12FN3. The second-order valence-corrected chi connectivity index (χ2v) is 3.90. The molecule has 2 aromatic rings. The first-order valence-corrected chi connectivity index (χ1v) is 5.57. The monoisotopic (exact) mass is 241 g/mol. The zero-order chi connectivity index (χ0) is 12.8. The highest BCUT2D eigenvalue weighted by atomic mass is 19.1. The molecule has 0 saturated heterocycles. The van der Waals surface area contributed by atoms with Gasteiger partial charge in [-0.3, -0.25) is 4.98 Å². The van der Waals surface area contributed by atoms with Gasteiger partial charge in [-0.05, 0) is 29.3 Å². The molecule has 0 fully saturated rings. The van der Waals surface area contributed by atoms with Gasteiger partial charge in [-0.15, -0.1) is 0 Å². The molecule has 0 bridgehead atoms. The topological polar surface area (TPSA) is 48.7 Å². The number of rotatable bonds is 4. The fourth-order valence-corrected chi connectivity index (χ4v) is 1.59. The second-order valence-electron chi connectivity index (χ2n) is 3.90. The standard InChI is InChI=1S/C14H12FN3/c15-13-7-12(8-17-10-13)9-18-14-3-1-11(2-4-14)5-6-16/h1-4,7-8,10,18H,5,9H2. The van der Waals surface area contributed by atoms with Crippen LogP contribution in [0, 0.1) is 17.1 Å². The normalized spacial score (nSPS) is 9.78. The maximum absolute atomic E-state index is 12.9. The number of benzene rings is 1. The van der Waals surface area contributed by atoms with Gasteiger partial charge in [0.1, 0.15) is 5.82 Å². The van der Waals surface area contributed by atoms with E-state index in [0.717, 1.165) is 16.8 Å². The summed E-state index contributed by atoms with van der Waals surface area (Å²) in [4.78, 5) is 3.78. The van der Waals surface area contributed by atoms with Crippen LogP contribution in [0.5, 0.6) is 0 Å². The summed E-state index contributed by atoms with van der Waals surface area (Å²) in [7, 11) is 0. The molecule has 1 N–H and O–H groups in total. The largest absolute Gasteiger partial charge is 0.381 e. The molecule has 2 rings (SSSR count). The van der Waals surface area contributed by atoms with Crippen LogP contribution in [-0.2, 0) is 13.0 Å². The van der Waals surface area contributed by atoms with E-state index in [9.17, 15) is 4.39 Å². The molecule has 4 heteroatoms. The van der Waals surface area contributed by atoms with Crippen molar-refractivity contribution in [1.29, 1.82) is 5.26 Å². The lowest BCUT2D eigenvalue weighted by molar-refractivity contribution is 0.619. The molecule has 0 unspecified atom stereocenters. The molecule has 0 aliphatic carbocycles. The van der Waals surface area contributed by atoms with Crippen molar-refractivity contribution in [2.45, 2.75) is 13.0 Å². The van der Waals surface area contributed by atoms with Gasteiger partial charge in [0.05, 0.1) is 18.7 Å².